The van der Waals surface area contributed by atoms with Gasteiger partial charge in [-0.2, -0.15) is 0 Å². The maximum Gasteiger partial charge on any atom is 0.106 e. The van der Waals surface area contributed by atoms with Crippen molar-refractivity contribution in [2.24, 2.45) is 5.16 Å². The SMILES string of the molecule is CO/N=C(\C)c1ccccc1. The number of hydrogen-bond donors (Lipinski definition) is 0. The highest BCUT2D eigenvalue weighted by Gasteiger charge is 1.93. The smallest absolute Gasteiger partial charge is 0.106 e. The van der Waals surface area contributed by atoms with Crippen LogP contribution in [-0.4, -0.2) is 12.8 Å². The number of hydrogen-bond acceptors (Lipinski definition) is 2. The Hall–Kier alpha value is -1.31. The van der Waals surface area contributed by atoms with Crippen LogP contribution in [-0.2, 0) is 4.84 Å². The van der Waals surface area contributed by atoms with Gasteiger partial charge in [0.15, 0.2) is 0 Å². The predicted octanol–water partition coefficient (Wildman–Crippen LogP) is 2.06. The van der Waals surface area contributed by atoms with Gasteiger partial charge in [0, 0.05) is 0 Å². The van der Waals surface area contributed by atoms with Gasteiger partial charge in [0.1, 0.15) is 7.11 Å². The molecule has 0 unspecified atom stereocenters. The molecule has 1 rings (SSSR count). The zero-order valence-electron chi connectivity index (χ0n) is 6.74. The van der Waals surface area contributed by atoms with Gasteiger partial charge in [0.25, 0.3) is 0 Å². The summed E-state index contributed by atoms with van der Waals surface area (Å²) in [5.74, 6) is 0. The lowest BCUT2D eigenvalue weighted by molar-refractivity contribution is 0.213. The first kappa shape index (κ1) is 7.79. The minimum Gasteiger partial charge on any atom is -0.399 e. The Morgan fingerprint density at radius 1 is 1.27 bits per heavy atom. The maximum absolute atomic E-state index is 4.65. The summed E-state index contributed by atoms with van der Waals surface area (Å²) in [6.07, 6.45) is 0. The molecular formula is C9H11NO. The molecular weight excluding hydrogens is 138 g/mol. The van der Waals surface area contributed by atoms with E-state index in [9.17, 15) is 0 Å². The first-order chi connectivity index (χ1) is 5.34. The van der Waals surface area contributed by atoms with Crippen LogP contribution in [0.4, 0.5) is 0 Å². The minimum absolute atomic E-state index is 0.896. The molecule has 0 atom stereocenters. The molecule has 0 aliphatic rings. The molecule has 0 bridgehead atoms. The predicted molar refractivity (Wildman–Crippen MR) is 45.7 cm³/mol. The van der Waals surface area contributed by atoms with E-state index in [0.29, 0.717) is 0 Å². The summed E-state index contributed by atoms with van der Waals surface area (Å²) in [4.78, 5) is 4.65. The van der Waals surface area contributed by atoms with Gasteiger partial charge < -0.3 is 4.84 Å². The molecule has 0 saturated heterocycles. The van der Waals surface area contributed by atoms with Crippen LogP contribution in [0.5, 0.6) is 0 Å². The summed E-state index contributed by atoms with van der Waals surface area (Å²) < 4.78 is 0. The van der Waals surface area contributed by atoms with Crippen LogP contribution in [0.1, 0.15) is 12.5 Å². The molecule has 0 N–H and O–H groups in total. The van der Waals surface area contributed by atoms with Crippen LogP contribution in [0, 0.1) is 0 Å². The second-order valence-electron chi connectivity index (χ2n) is 2.23. The van der Waals surface area contributed by atoms with Crippen LogP contribution < -0.4 is 0 Å². The minimum atomic E-state index is 0.896. The third-order valence-corrected chi connectivity index (χ3v) is 1.42. The van der Waals surface area contributed by atoms with Crippen LogP contribution in [0.15, 0.2) is 35.5 Å². The van der Waals surface area contributed by atoms with E-state index in [0.717, 1.165) is 11.3 Å². The first-order valence-corrected chi connectivity index (χ1v) is 3.48. The average Bonchev–Trinajstić information content (AvgIpc) is 2.07. The lowest BCUT2D eigenvalue weighted by Gasteiger charge is -1.97. The molecule has 11 heavy (non-hydrogen) atoms. The molecule has 0 radical (unpaired) electrons. The topological polar surface area (TPSA) is 21.6 Å². The monoisotopic (exact) mass is 149 g/mol. The van der Waals surface area contributed by atoms with E-state index >= 15 is 0 Å². The summed E-state index contributed by atoms with van der Waals surface area (Å²) in [5, 5.41) is 3.81. The van der Waals surface area contributed by atoms with E-state index in [1.54, 1.807) is 7.11 Å². The zero-order valence-corrected chi connectivity index (χ0v) is 6.74. The molecule has 1 aromatic carbocycles. The molecule has 0 aliphatic heterocycles. The van der Waals surface area contributed by atoms with Crippen molar-refractivity contribution in [2.45, 2.75) is 6.92 Å². The highest BCUT2D eigenvalue weighted by Crippen LogP contribution is 2.00. The molecule has 0 aliphatic carbocycles. The van der Waals surface area contributed by atoms with Gasteiger partial charge in [-0.3, -0.25) is 0 Å². The summed E-state index contributed by atoms with van der Waals surface area (Å²) in [7, 11) is 1.55. The maximum atomic E-state index is 4.65. The van der Waals surface area contributed by atoms with Gasteiger partial charge in [-0.15, -0.1) is 0 Å². The summed E-state index contributed by atoms with van der Waals surface area (Å²) >= 11 is 0. The van der Waals surface area contributed by atoms with E-state index in [4.69, 9.17) is 0 Å². The average molecular weight is 149 g/mol. The highest BCUT2D eigenvalue weighted by molar-refractivity contribution is 5.98. The quantitative estimate of drug-likeness (QED) is 0.466. The van der Waals surface area contributed by atoms with Crippen molar-refractivity contribution in [1.82, 2.24) is 0 Å². The van der Waals surface area contributed by atoms with Crippen LogP contribution in [0.25, 0.3) is 0 Å². The van der Waals surface area contributed by atoms with Crippen molar-refractivity contribution in [3.8, 4) is 0 Å². The summed E-state index contributed by atoms with van der Waals surface area (Å²) in [6.45, 7) is 1.92. The first-order valence-electron chi connectivity index (χ1n) is 3.48. The zero-order chi connectivity index (χ0) is 8.10. The Morgan fingerprint density at radius 3 is 2.45 bits per heavy atom. The third-order valence-electron chi connectivity index (χ3n) is 1.42. The molecule has 2 heteroatoms. The molecule has 0 amide bonds. The summed E-state index contributed by atoms with van der Waals surface area (Å²) in [6, 6.07) is 9.92. The van der Waals surface area contributed by atoms with Crippen molar-refractivity contribution >= 4 is 5.71 Å². The van der Waals surface area contributed by atoms with Crippen molar-refractivity contribution < 1.29 is 4.84 Å². The highest BCUT2D eigenvalue weighted by atomic mass is 16.6. The Bertz CT molecular complexity index is 241. The van der Waals surface area contributed by atoms with Crippen LogP contribution in [0.2, 0.25) is 0 Å². The Balaban J connectivity index is 2.85. The van der Waals surface area contributed by atoms with Gasteiger partial charge in [0.2, 0.25) is 0 Å². The van der Waals surface area contributed by atoms with E-state index in [2.05, 4.69) is 9.99 Å². The van der Waals surface area contributed by atoms with E-state index in [-0.39, 0.29) is 0 Å². The van der Waals surface area contributed by atoms with E-state index < -0.39 is 0 Å². The van der Waals surface area contributed by atoms with E-state index in [1.165, 1.54) is 0 Å². The fourth-order valence-corrected chi connectivity index (χ4v) is 0.869. The number of rotatable bonds is 2. The van der Waals surface area contributed by atoms with Gasteiger partial charge in [-0.05, 0) is 12.5 Å². The van der Waals surface area contributed by atoms with E-state index in [1.807, 2.05) is 37.3 Å². The fourth-order valence-electron chi connectivity index (χ4n) is 0.869. The fraction of sp³-hybridized carbons (Fsp3) is 0.222. The molecule has 0 aromatic heterocycles. The lowest BCUT2D eigenvalue weighted by Crippen LogP contribution is -1.93. The third kappa shape index (κ3) is 2.08. The number of benzene rings is 1. The van der Waals surface area contributed by atoms with Gasteiger partial charge in [0.05, 0.1) is 5.71 Å². The standard InChI is InChI=1S/C9H11NO/c1-8(10-11-2)9-6-4-3-5-7-9/h3-7H,1-2H3/b10-8+. The second kappa shape index (κ2) is 3.76. The molecule has 0 fully saturated rings. The van der Waals surface area contributed by atoms with Crippen LogP contribution in [0.3, 0.4) is 0 Å². The summed E-state index contributed by atoms with van der Waals surface area (Å²) in [5.41, 5.74) is 1.99. The molecule has 2 nitrogen and oxygen atoms in total. The Morgan fingerprint density at radius 2 is 1.91 bits per heavy atom. The Kier molecular flexibility index (Phi) is 2.66. The van der Waals surface area contributed by atoms with Gasteiger partial charge >= 0.3 is 0 Å². The van der Waals surface area contributed by atoms with Crippen molar-refractivity contribution in [1.29, 1.82) is 0 Å². The second-order valence-corrected chi connectivity index (χ2v) is 2.23. The van der Waals surface area contributed by atoms with Crippen molar-refractivity contribution in [2.75, 3.05) is 7.11 Å². The van der Waals surface area contributed by atoms with Crippen molar-refractivity contribution in [3.05, 3.63) is 35.9 Å². The van der Waals surface area contributed by atoms with Crippen molar-refractivity contribution in [3.63, 3.8) is 0 Å². The van der Waals surface area contributed by atoms with Crippen LogP contribution >= 0.6 is 0 Å². The normalized spacial score (nSPS) is 11.3. The van der Waals surface area contributed by atoms with Gasteiger partial charge in [-0.1, -0.05) is 35.5 Å². The molecule has 0 spiro atoms. The number of oxime groups is 1. The number of nitrogens with zero attached hydrogens (tertiary/aromatic N) is 1. The molecule has 0 saturated carbocycles. The molecule has 0 heterocycles. The molecule has 1 aromatic rings. The Labute approximate surface area is 66.5 Å². The molecule has 58 valence electrons. The van der Waals surface area contributed by atoms with Gasteiger partial charge in [-0.25, -0.2) is 0 Å². The lowest BCUT2D eigenvalue weighted by atomic mass is 10.1. The largest absolute Gasteiger partial charge is 0.399 e.